The Morgan fingerprint density at radius 3 is 2.59 bits per heavy atom. The minimum atomic E-state index is -1.17. The van der Waals surface area contributed by atoms with Crippen molar-refractivity contribution in [3.05, 3.63) is 53.1 Å². The van der Waals surface area contributed by atoms with E-state index in [9.17, 15) is 19.4 Å². The number of aryl methyl sites for hydroxylation is 1. The van der Waals surface area contributed by atoms with Gasteiger partial charge in [0.2, 0.25) is 11.9 Å². The van der Waals surface area contributed by atoms with Gasteiger partial charge in [-0.05, 0) is 48.6 Å². The van der Waals surface area contributed by atoms with Gasteiger partial charge in [0.15, 0.2) is 0 Å². The van der Waals surface area contributed by atoms with Crippen LogP contribution in [0.4, 0.5) is 15.8 Å². The van der Waals surface area contributed by atoms with Crippen molar-refractivity contribution < 1.29 is 19.4 Å². The number of nitrogens with one attached hydrogen (secondary N) is 1. The lowest BCUT2D eigenvalue weighted by molar-refractivity contribution is -0.116. The Balaban J connectivity index is 0.00000289. The van der Waals surface area contributed by atoms with E-state index < -0.39 is 17.7 Å². The zero-order valence-electron chi connectivity index (χ0n) is 18.3. The number of rotatable bonds is 5. The second kappa shape index (κ2) is 9.70. The molecule has 4 rings (SSSR count). The molecule has 0 saturated carbocycles. The van der Waals surface area contributed by atoms with Crippen LogP contribution in [0.25, 0.3) is 0 Å². The van der Waals surface area contributed by atoms with E-state index >= 15 is 0 Å². The van der Waals surface area contributed by atoms with E-state index in [2.05, 4.69) is 15.2 Å². The number of aliphatic hydroxyl groups excluding tert-OH is 1. The van der Waals surface area contributed by atoms with Gasteiger partial charge in [-0.15, -0.1) is 12.4 Å². The highest BCUT2D eigenvalue weighted by Crippen LogP contribution is 2.34. The predicted octanol–water partition coefficient (Wildman–Crippen LogP) is 2.61. The summed E-state index contributed by atoms with van der Waals surface area (Å²) in [6.07, 6.45) is 1.31. The van der Waals surface area contributed by atoms with E-state index in [1.807, 2.05) is 18.2 Å². The molecule has 1 amide bonds. The molecule has 0 aliphatic carbocycles. The van der Waals surface area contributed by atoms with E-state index in [0.717, 1.165) is 16.8 Å². The van der Waals surface area contributed by atoms with Crippen LogP contribution < -0.4 is 10.2 Å². The zero-order chi connectivity index (χ0) is 22.2. The third-order valence-electron chi connectivity index (χ3n) is 6.31. The first-order valence-electron chi connectivity index (χ1n) is 10.6. The van der Waals surface area contributed by atoms with Gasteiger partial charge in [-0.3, -0.25) is 4.79 Å². The lowest BCUT2D eigenvalue weighted by atomic mass is 9.87. The number of halogens is 2. The number of likely N-dealkylation sites (tertiary alicyclic amines) is 1. The highest BCUT2D eigenvalue weighted by atomic mass is 35.5. The first-order valence-corrected chi connectivity index (χ1v) is 10.6. The van der Waals surface area contributed by atoms with E-state index in [1.54, 1.807) is 31.1 Å². The van der Waals surface area contributed by atoms with E-state index in [0.29, 0.717) is 56.7 Å². The molecule has 1 atom stereocenters. The van der Waals surface area contributed by atoms with Crippen molar-refractivity contribution in [3.8, 4) is 0 Å². The van der Waals surface area contributed by atoms with Crippen LogP contribution >= 0.6 is 12.4 Å². The number of anilines is 2. The van der Waals surface area contributed by atoms with Gasteiger partial charge in [0.05, 0.1) is 17.5 Å². The van der Waals surface area contributed by atoms with Crippen LogP contribution in [0.1, 0.15) is 42.2 Å². The van der Waals surface area contributed by atoms with Crippen molar-refractivity contribution in [2.24, 2.45) is 0 Å². The summed E-state index contributed by atoms with van der Waals surface area (Å²) in [5.74, 6) is -0.565. The van der Waals surface area contributed by atoms with Gasteiger partial charge < -0.3 is 25.3 Å². The molecule has 9 heteroatoms. The Morgan fingerprint density at radius 1 is 1.22 bits per heavy atom. The SMILES string of the molecule is CN(C)c1ccc(C2(O)CCN(CC(O)c3ccc4c(c3)CCC(=O)N4)CC2)nc1F.Cl. The van der Waals surface area contributed by atoms with Crippen LogP contribution in [0.15, 0.2) is 30.3 Å². The number of fused-ring (bicyclic) bond motifs is 1. The molecule has 0 spiro atoms. The molecule has 2 aromatic rings. The highest BCUT2D eigenvalue weighted by molar-refractivity contribution is 5.93. The fraction of sp³-hybridized carbons (Fsp3) is 0.478. The molecule has 1 aromatic heterocycles. The molecule has 1 aromatic carbocycles. The third kappa shape index (κ3) is 5.04. The minimum Gasteiger partial charge on any atom is -0.387 e. The van der Waals surface area contributed by atoms with Crippen LogP contribution in [0.3, 0.4) is 0 Å². The van der Waals surface area contributed by atoms with Gasteiger partial charge in [-0.2, -0.15) is 4.39 Å². The summed E-state index contributed by atoms with van der Waals surface area (Å²) in [6, 6.07) is 8.98. The first kappa shape index (κ1) is 24.4. The maximum absolute atomic E-state index is 14.3. The molecule has 2 aliphatic rings. The molecular weight excluding hydrogens is 435 g/mol. The van der Waals surface area contributed by atoms with Crippen molar-refractivity contribution in [1.82, 2.24) is 9.88 Å². The second-order valence-electron chi connectivity index (χ2n) is 8.71. The quantitative estimate of drug-likeness (QED) is 0.589. The Labute approximate surface area is 193 Å². The predicted molar refractivity (Wildman–Crippen MR) is 124 cm³/mol. The van der Waals surface area contributed by atoms with Gasteiger partial charge in [0, 0.05) is 45.8 Å². The second-order valence-corrected chi connectivity index (χ2v) is 8.71. The molecule has 3 heterocycles. The molecule has 0 radical (unpaired) electrons. The number of hydrogen-bond acceptors (Lipinski definition) is 6. The summed E-state index contributed by atoms with van der Waals surface area (Å²) >= 11 is 0. The van der Waals surface area contributed by atoms with Crippen molar-refractivity contribution >= 4 is 29.7 Å². The van der Waals surface area contributed by atoms with Gasteiger partial charge in [-0.25, -0.2) is 4.98 Å². The monoisotopic (exact) mass is 464 g/mol. The number of pyridine rings is 1. The fourth-order valence-electron chi connectivity index (χ4n) is 4.34. The molecule has 2 aliphatic heterocycles. The summed E-state index contributed by atoms with van der Waals surface area (Å²) < 4.78 is 14.3. The number of piperidine rings is 1. The van der Waals surface area contributed by atoms with Crippen LogP contribution in [-0.4, -0.2) is 59.7 Å². The number of carbonyl (C=O) groups is 1. The first-order chi connectivity index (χ1) is 14.7. The molecule has 1 saturated heterocycles. The smallest absolute Gasteiger partial charge is 0.236 e. The summed E-state index contributed by atoms with van der Waals surface area (Å²) in [5, 5.41) is 24.6. The average molecular weight is 465 g/mol. The molecule has 7 nitrogen and oxygen atoms in total. The topological polar surface area (TPSA) is 88.9 Å². The number of amides is 1. The molecule has 1 fully saturated rings. The van der Waals surface area contributed by atoms with Gasteiger partial charge in [-0.1, -0.05) is 12.1 Å². The van der Waals surface area contributed by atoms with Crippen LogP contribution in [0.5, 0.6) is 0 Å². The Morgan fingerprint density at radius 2 is 1.94 bits per heavy atom. The molecule has 0 bridgehead atoms. The maximum atomic E-state index is 14.3. The molecule has 1 unspecified atom stereocenters. The Hall–Kier alpha value is -2.26. The van der Waals surface area contributed by atoms with Gasteiger partial charge in [0.1, 0.15) is 5.60 Å². The summed E-state index contributed by atoms with van der Waals surface area (Å²) in [5.41, 5.74) is 2.24. The van der Waals surface area contributed by atoms with Crippen LogP contribution in [-0.2, 0) is 16.8 Å². The maximum Gasteiger partial charge on any atom is 0.236 e. The van der Waals surface area contributed by atoms with Gasteiger partial charge in [0.25, 0.3) is 0 Å². The van der Waals surface area contributed by atoms with Crippen molar-refractivity contribution in [2.45, 2.75) is 37.4 Å². The van der Waals surface area contributed by atoms with Crippen LogP contribution in [0.2, 0.25) is 0 Å². The van der Waals surface area contributed by atoms with Crippen molar-refractivity contribution in [2.75, 3.05) is 43.9 Å². The number of aliphatic hydroxyl groups is 2. The number of β-amino-alcohol motifs (C(OH)–C–C–N with tert-alkyl or cyclic N) is 1. The molecule has 32 heavy (non-hydrogen) atoms. The Kier molecular flexibility index (Phi) is 7.39. The fourth-order valence-corrected chi connectivity index (χ4v) is 4.34. The molecular formula is C23H30ClFN4O3. The third-order valence-corrected chi connectivity index (χ3v) is 6.31. The highest BCUT2D eigenvalue weighted by Gasteiger charge is 2.36. The Bertz CT molecular complexity index is 980. The zero-order valence-corrected chi connectivity index (χ0v) is 19.2. The summed E-state index contributed by atoms with van der Waals surface area (Å²) in [6.45, 7) is 1.60. The number of aromatic nitrogens is 1. The van der Waals surface area contributed by atoms with E-state index in [-0.39, 0.29) is 18.3 Å². The lowest BCUT2D eigenvalue weighted by Gasteiger charge is -2.38. The molecule has 3 N–H and O–H groups in total. The lowest BCUT2D eigenvalue weighted by Crippen LogP contribution is -2.44. The van der Waals surface area contributed by atoms with Crippen molar-refractivity contribution in [3.63, 3.8) is 0 Å². The number of benzene rings is 1. The average Bonchev–Trinajstić information content (AvgIpc) is 2.74. The summed E-state index contributed by atoms with van der Waals surface area (Å²) in [4.78, 5) is 19.3. The van der Waals surface area contributed by atoms with Gasteiger partial charge >= 0.3 is 0 Å². The summed E-state index contributed by atoms with van der Waals surface area (Å²) in [7, 11) is 3.49. The van der Waals surface area contributed by atoms with E-state index in [4.69, 9.17) is 0 Å². The van der Waals surface area contributed by atoms with Crippen molar-refractivity contribution in [1.29, 1.82) is 0 Å². The van der Waals surface area contributed by atoms with Crippen LogP contribution in [0, 0.1) is 5.95 Å². The minimum absolute atomic E-state index is 0. The normalized spacial score (nSPS) is 18.8. The largest absolute Gasteiger partial charge is 0.387 e. The van der Waals surface area contributed by atoms with E-state index in [1.165, 1.54) is 0 Å². The standard InChI is InChI=1S/C23H29FN4O3.ClH/c1-27(2)18-6-7-20(26-22(18)24)23(31)9-11-28(12-10-23)14-19(29)16-3-5-17-15(13-16)4-8-21(30)25-17;/h3,5-7,13,19,29,31H,4,8-12,14H2,1-2H3,(H,25,30);1H. The number of hydrogen-bond donors (Lipinski definition) is 3. The number of carbonyl (C=O) groups excluding carboxylic acids is 1. The number of nitrogens with zero attached hydrogens (tertiary/aromatic N) is 3. The molecule has 174 valence electrons.